The Hall–Kier alpha value is -3.41. The number of nitro groups is 1. The van der Waals surface area contributed by atoms with E-state index in [0.717, 1.165) is 21.9 Å². The van der Waals surface area contributed by atoms with E-state index in [1.807, 2.05) is 24.3 Å². The minimum atomic E-state index is -0.444. The van der Waals surface area contributed by atoms with Crippen molar-refractivity contribution >= 4 is 27.5 Å². The number of nitrogens with one attached hydrogen (secondary N) is 2. The van der Waals surface area contributed by atoms with Crippen LogP contribution in [0.4, 0.5) is 5.69 Å². The Bertz CT molecular complexity index is 1170. The third kappa shape index (κ3) is 2.00. The summed E-state index contributed by atoms with van der Waals surface area (Å²) in [6.45, 7) is 1.64. The predicted octanol–water partition coefficient (Wildman–Crippen LogP) is 3.89. The lowest BCUT2D eigenvalue weighted by molar-refractivity contribution is -0.385. The van der Waals surface area contributed by atoms with E-state index in [2.05, 4.69) is 9.97 Å². The lowest BCUT2D eigenvalue weighted by atomic mass is 10.0. The van der Waals surface area contributed by atoms with E-state index >= 15 is 0 Å². The molecule has 2 heterocycles. The fourth-order valence-electron chi connectivity index (χ4n) is 3.10. The Kier molecular flexibility index (Phi) is 2.99. The number of nitro benzene ring substituents is 1. The summed E-state index contributed by atoms with van der Waals surface area (Å²) in [5, 5.41) is 12.8. The van der Waals surface area contributed by atoms with Gasteiger partial charge in [-0.15, -0.1) is 0 Å². The zero-order valence-electron chi connectivity index (χ0n) is 12.8. The van der Waals surface area contributed by atoms with Crippen LogP contribution in [-0.4, -0.2) is 14.9 Å². The summed E-state index contributed by atoms with van der Waals surface area (Å²) in [6.07, 6.45) is 1.80. The van der Waals surface area contributed by atoms with Crippen LogP contribution in [-0.2, 0) is 0 Å². The highest BCUT2D eigenvalue weighted by Gasteiger charge is 2.16. The first-order chi connectivity index (χ1) is 11.6. The number of H-pyrrole nitrogens is 2. The second-order valence-corrected chi connectivity index (χ2v) is 5.69. The van der Waals surface area contributed by atoms with Crippen LogP contribution in [0.1, 0.15) is 5.56 Å². The van der Waals surface area contributed by atoms with Crippen LogP contribution in [0.5, 0.6) is 0 Å². The van der Waals surface area contributed by atoms with Gasteiger partial charge in [-0.1, -0.05) is 18.2 Å². The van der Waals surface area contributed by atoms with E-state index in [1.54, 1.807) is 25.3 Å². The molecule has 0 saturated carbocycles. The first-order valence-electron chi connectivity index (χ1n) is 7.44. The van der Waals surface area contributed by atoms with Crippen molar-refractivity contribution in [1.82, 2.24) is 9.97 Å². The molecule has 6 heteroatoms. The number of rotatable bonds is 2. The molecule has 118 valence electrons. The van der Waals surface area contributed by atoms with E-state index in [-0.39, 0.29) is 11.2 Å². The molecule has 0 spiro atoms. The summed E-state index contributed by atoms with van der Waals surface area (Å²) in [6, 6.07) is 12.6. The van der Waals surface area contributed by atoms with Gasteiger partial charge in [-0.2, -0.15) is 0 Å². The van der Waals surface area contributed by atoms with Gasteiger partial charge in [0.1, 0.15) is 0 Å². The van der Waals surface area contributed by atoms with Crippen LogP contribution in [0.15, 0.2) is 53.5 Å². The summed E-state index contributed by atoms with van der Waals surface area (Å²) < 4.78 is 0. The lowest BCUT2D eigenvalue weighted by Gasteiger charge is -2.06. The summed E-state index contributed by atoms with van der Waals surface area (Å²) in [5.74, 6) is 0. The maximum Gasteiger partial charge on any atom is 0.274 e. The molecule has 0 fully saturated rings. The number of pyridine rings is 1. The van der Waals surface area contributed by atoms with Crippen molar-refractivity contribution in [2.75, 3.05) is 0 Å². The molecule has 4 aromatic rings. The van der Waals surface area contributed by atoms with Crippen molar-refractivity contribution in [1.29, 1.82) is 0 Å². The van der Waals surface area contributed by atoms with E-state index in [4.69, 9.17) is 0 Å². The van der Waals surface area contributed by atoms with E-state index < -0.39 is 4.92 Å². The first-order valence-corrected chi connectivity index (χ1v) is 7.44. The van der Waals surface area contributed by atoms with Gasteiger partial charge in [0.2, 0.25) is 0 Å². The highest BCUT2D eigenvalue weighted by molar-refractivity contribution is 5.97. The zero-order valence-corrected chi connectivity index (χ0v) is 12.8. The normalized spacial score (nSPS) is 11.2. The molecule has 0 aliphatic heterocycles. The Balaban J connectivity index is 2.01. The molecule has 0 unspecified atom stereocenters. The smallest absolute Gasteiger partial charge is 0.274 e. The van der Waals surface area contributed by atoms with Crippen molar-refractivity contribution in [2.45, 2.75) is 6.92 Å². The number of hydrogen-bond donors (Lipinski definition) is 2. The number of nitrogens with zero attached hydrogens (tertiary/aromatic N) is 1. The van der Waals surface area contributed by atoms with Crippen LogP contribution >= 0.6 is 0 Å². The van der Waals surface area contributed by atoms with Gasteiger partial charge in [-0.05, 0) is 30.5 Å². The minimum Gasteiger partial charge on any atom is -0.361 e. The molecule has 0 saturated heterocycles. The number of fused-ring (bicyclic) bond motifs is 2. The van der Waals surface area contributed by atoms with Gasteiger partial charge in [-0.25, -0.2) is 0 Å². The molecule has 24 heavy (non-hydrogen) atoms. The van der Waals surface area contributed by atoms with Crippen molar-refractivity contribution in [3.8, 4) is 11.1 Å². The quantitative estimate of drug-likeness (QED) is 0.433. The van der Waals surface area contributed by atoms with Crippen LogP contribution in [0.3, 0.4) is 0 Å². The number of para-hydroxylation sites is 1. The number of aromatic nitrogens is 2. The number of benzene rings is 2. The predicted molar refractivity (Wildman–Crippen MR) is 93.3 cm³/mol. The van der Waals surface area contributed by atoms with Crippen molar-refractivity contribution in [2.24, 2.45) is 0 Å². The third-order valence-electron chi connectivity index (χ3n) is 4.33. The Morgan fingerprint density at radius 1 is 1.08 bits per heavy atom. The molecular formula is C18H13N3O3. The molecule has 0 atom stereocenters. The average molecular weight is 319 g/mol. The molecule has 0 aliphatic rings. The molecule has 0 radical (unpaired) electrons. The second kappa shape index (κ2) is 5.06. The van der Waals surface area contributed by atoms with Crippen LogP contribution in [0.2, 0.25) is 0 Å². The molecular weight excluding hydrogens is 306 g/mol. The van der Waals surface area contributed by atoms with Gasteiger partial charge < -0.3 is 9.97 Å². The van der Waals surface area contributed by atoms with E-state index in [9.17, 15) is 14.9 Å². The molecule has 0 amide bonds. The van der Waals surface area contributed by atoms with Crippen molar-refractivity contribution in [3.63, 3.8) is 0 Å². The van der Waals surface area contributed by atoms with Crippen LogP contribution in [0.25, 0.3) is 32.9 Å². The summed E-state index contributed by atoms with van der Waals surface area (Å²) in [5.41, 5.74) is 2.98. The third-order valence-corrected chi connectivity index (χ3v) is 4.33. The van der Waals surface area contributed by atoms with Gasteiger partial charge >= 0.3 is 0 Å². The Labute approximate surface area is 135 Å². The van der Waals surface area contributed by atoms with Gasteiger partial charge in [0.05, 0.1) is 16.0 Å². The highest BCUT2D eigenvalue weighted by atomic mass is 16.6. The average Bonchev–Trinajstić information content (AvgIpc) is 2.99. The molecule has 2 aromatic carbocycles. The summed E-state index contributed by atoms with van der Waals surface area (Å²) in [4.78, 5) is 29.1. The SMILES string of the molecule is Cc1c([N+](=O)[O-])ccc2cc(-c3c[nH]c4ccccc34)c(=O)[nH]c12. The molecule has 6 nitrogen and oxygen atoms in total. The van der Waals surface area contributed by atoms with Crippen molar-refractivity contribution in [3.05, 3.63) is 74.7 Å². The number of aromatic amines is 2. The summed E-state index contributed by atoms with van der Waals surface area (Å²) >= 11 is 0. The second-order valence-electron chi connectivity index (χ2n) is 5.69. The Morgan fingerprint density at radius 3 is 2.67 bits per heavy atom. The van der Waals surface area contributed by atoms with E-state index in [1.165, 1.54) is 6.07 Å². The molecule has 2 aromatic heterocycles. The van der Waals surface area contributed by atoms with Crippen LogP contribution < -0.4 is 5.56 Å². The largest absolute Gasteiger partial charge is 0.361 e. The topological polar surface area (TPSA) is 91.8 Å². The first kappa shape index (κ1) is 14.2. The minimum absolute atomic E-state index is 0.00186. The molecule has 4 rings (SSSR count). The fourth-order valence-corrected chi connectivity index (χ4v) is 3.10. The number of aryl methyl sites for hydroxylation is 1. The molecule has 2 N–H and O–H groups in total. The van der Waals surface area contributed by atoms with Gasteiger partial charge in [-0.3, -0.25) is 14.9 Å². The Morgan fingerprint density at radius 2 is 1.88 bits per heavy atom. The lowest BCUT2D eigenvalue weighted by Crippen LogP contribution is -2.09. The molecule has 0 bridgehead atoms. The molecule has 0 aliphatic carbocycles. The van der Waals surface area contributed by atoms with Gasteiger partial charge in [0.25, 0.3) is 11.2 Å². The van der Waals surface area contributed by atoms with E-state index in [0.29, 0.717) is 16.6 Å². The van der Waals surface area contributed by atoms with Crippen molar-refractivity contribution < 1.29 is 4.92 Å². The maximum absolute atomic E-state index is 12.6. The summed E-state index contributed by atoms with van der Waals surface area (Å²) in [7, 11) is 0. The number of hydrogen-bond acceptors (Lipinski definition) is 3. The fraction of sp³-hybridized carbons (Fsp3) is 0.0556. The highest BCUT2D eigenvalue weighted by Crippen LogP contribution is 2.30. The standard InChI is InChI=1S/C18H13N3O3/c1-10-16(21(23)24)7-6-11-8-13(18(22)20-17(10)11)14-9-19-15-5-3-2-4-12(14)15/h2-9,19H,1H3,(H,20,22). The van der Waals surface area contributed by atoms with Gasteiger partial charge in [0.15, 0.2) is 0 Å². The van der Waals surface area contributed by atoms with Gasteiger partial charge in [0, 0.05) is 34.3 Å². The van der Waals surface area contributed by atoms with Crippen LogP contribution in [0, 0.1) is 17.0 Å². The zero-order chi connectivity index (χ0) is 16.8. The monoisotopic (exact) mass is 319 g/mol. The maximum atomic E-state index is 12.6.